The van der Waals surface area contributed by atoms with Gasteiger partial charge >= 0.3 is 0 Å². The van der Waals surface area contributed by atoms with Gasteiger partial charge in [0.05, 0.1) is 11.5 Å². The fourth-order valence-electron chi connectivity index (χ4n) is 2.82. The Morgan fingerprint density at radius 1 is 1.21 bits per heavy atom. The third-order valence-electron chi connectivity index (χ3n) is 4.43. The van der Waals surface area contributed by atoms with Crippen molar-refractivity contribution in [1.29, 1.82) is 0 Å². The van der Waals surface area contributed by atoms with Crippen LogP contribution in [0.15, 0.2) is 41.8 Å². The predicted octanol–water partition coefficient (Wildman–Crippen LogP) is 1.70. The van der Waals surface area contributed by atoms with E-state index in [4.69, 9.17) is 4.74 Å². The number of sulfone groups is 1. The first kappa shape index (κ1) is 20.3. The molecule has 2 aromatic rings. The SMILES string of the molecule is CC(NC(=O)c1cccc(OCc2cccs2)c1)C(=O)N1CCS(=O)(=O)CC1. The molecule has 28 heavy (non-hydrogen) atoms. The highest BCUT2D eigenvalue weighted by Gasteiger charge is 2.28. The van der Waals surface area contributed by atoms with E-state index in [1.54, 1.807) is 42.5 Å². The van der Waals surface area contributed by atoms with Crippen LogP contribution in [-0.4, -0.2) is 55.8 Å². The van der Waals surface area contributed by atoms with Crippen LogP contribution >= 0.6 is 11.3 Å². The number of hydrogen-bond donors (Lipinski definition) is 1. The molecule has 1 N–H and O–H groups in total. The van der Waals surface area contributed by atoms with Crippen LogP contribution in [0, 0.1) is 0 Å². The van der Waals surface area contributed by atoms with Crippen molar-refractivity contribution < 1.29 is 22.7 Å². The summed E-state index contributed by atoms with van der Waals surface area (Å²) >= 11 is 1.59. The normalized spacial score (nSPS) is 17.0. The van der Waals surface area contributed by atoms with Gasteiger partial charge in [-0.1, -0.05) is 12.1 Å². The van der Waals surface area contributed by atoms with E-state index in [0.29, 0.717) is 17.9 Å². The van der Waals surface area contributed by atoms with Crippen molar-refractivity contribution in [1.82, 2.24) is 10.2 Å². The lowest BCUT2D eigenvalue weighted by Crippen LogP contribution is -2.51. The van der Waals surface area contributed by atoms with E-state index in [1.807, 2.05) is 17.5 Å². The largest absolute Gasteiger partial charge is 0.488 e. The Bertz CT molecular complexity index is 927. The fraction of sp³-hybridized carbons (Fsp3) is 0.368. The van der Waals surface area contributed by atoms with Crippen LogP contribution < -0.4 is 10.1 Å². The van der Waals surface area contributed by atoms with Crippen molar-refractivity contribution >= 4 is 33.0 Å². The first-order valence-corrected chi connectivity index (χ1v) is 11.6. The van der Waals surface area contributed by atoms with Gasteiger partial charge in [0.15, 0.2) is 9.84 Å². The average molecular weight is 423 g/mol. The van der Waals surface area contributed by atoms with Crippen LogP contribution in [0.1, 0.15) is 22.2 Å². The number of carbonyl (C=O) groups is 2. The number of nitrogens with zero attached hydrogens (tertiary/aromatic N) is 1. The zero-order chi connectivity index (χ0) is 20.1. The third kappa shape index (κ3) is 5.32. The number of ether oxygens (including phenoxy) is 1. The van der Waals surface area contributed by atoms with Crippen molar-refractivity contribution in [3.05, 3.63) is 52.2 Å². The van der Waals surface area contributed by atoms with Gasteiger partial charge in [-0.3, -0.25) is 9.59 Å². The van der Waals surface area contributed by atoms with E-state index in [9.17, 15) is 18.0 Å². The second kappa shape index (κ2) is 8.74. The summed E-state index contributed by atoms with van der Waals surface area (Å²) in [5.74, 6) is -0.173. The predicted molar refractivity (Wildman–Crippen MR) is 107 cm³/mol. The Labute approximate surface area is 168 Å². The molecule has 0 saturated carbocycles. The van der Waals surface area contributed by atoms with Gasteiger partial charge in [0.1, 0.15) is 18.4 Å². The molecule has 0 aliphatic carbocycles. The highest BCUT2D eigenvalue weighted by molar-refractivity contribution is 7.91. The number of nitrogens with one attached hydrogen (secondary N) is 1. The molecule has 1 atom stereocenters. The van der Waals surface area contributed by atoms with Crippen molar-refractivity contribution in [3.63, 3.8) is 0 Å². The maximum absolute atomic E-state index is 12.5. The maximum atomic E-state index is 12.5. The Balaban J connectivity index is 1.56. The van der Waals surface area contributed by atoms with Crippen molar-refractivity contribution in [3.8, 4) is 5.75 Å². The van der Waals surface area contributed by atoms with Gasteiger partial charge in [0, 0.05) is 23.5 Å². The van der Waals surface area contributed by atoms with Gasteiger partial charge in [0.2, 0.25) is 5.91 Å². The van der Waals surface area contributed by atoms with Crippen LogP contribution in [0.25, 0.3) is 0 Å². The van der Waals surface area contributed by atoms with Gasteiger partial charge in [-0.2, -0.15) is 0 Å². The zero-order valence-corrected chi connectivity index (χ0v) is 17.1. The Hall–Kier alpha value is -2.39. The van der Waals surface area contributed by atoms with Crippen LogP contribution in [-0.2, 0) is 21.2 Å². The topological polar surface area (TPSA) is 92.8 Å². The minimum atomic E-state index is -3.06. The minimum Gasteiger partial charge on any atom is -0.488 e. The molecule has 1 aliphatic rings. The molecule has 7 nitrogen and oxygen atoms in total. The molecular formula is C19H22N2O5S2. The molecular weight excluding hydrogens is 400 g/mol. The van der Waals surface area contributed by atoms with Crippen molar-refractivity contribution in [2.45, 2.75) is 19.6 Å². The second-order valence-electron chi connectivity index (χ2n) is 6.57. The molecule has 0 radical (unpaired) electrons. The van der Waals surface area contributed by atoms with E-state index in [1.165, 1.54) is 4.90 Å². The fourth-order valence-corrected chi connectivity index (χ4v) is 4.64. The highest BCUT2D eigenvalue weighted by Crippen LogP contribution is 2.17. The summed E-state index contributed by atoms with van der Waals surface area (Å²) in [6, 6.07) is 9.95. The van der Waals surface area contributed by atoms with Gasteiger partial charge < -0.3 is 15.0 Å². The van der Waals surface area contributed by atoms with Crippen molar-refractivity contribution in [2.75, 3.05) is 24.6 Å². The summed E-state index contributed by atoms with van der Waals surface area (Å²) in [6.45, 7) is 2.34. The smallest absolute Gasteiger partial charge is 0.252 e. The van der Waals surface area contributed by atoms with Gasteiger partial charge in [-0.05, 0) is 36.6 Å². The number of amides is 2. The summed E-state index contributed by atoms with van der Waals surface area (Å²) in [4.78, 5) is 27.5. The zero-order valence-electron chi connectivity index (χ0n) is 15.5. The first-order chi connectivity index (χ1) is 13.3. The summed E-state index contributed by atoms with van der Waals surface area (Å²) in [5, 5.41) is 4.65. The van der Waals surface area contributed by atoms with E-state index < -0.39 is 15.9 Å². The Morgan fingerprint density at radius 3 is 2.64 bits per heavy atom. The van der Waals surface area contributed by atoms with Gasteiger partial charge in [-0.25, -0.2) is 8.42 Å². The molecule has 9 heteroatoms. The number of hydrogen-bond acceptors (Lipinski definition) is 6. The molecule has 1 aromatic carbocycles. The molecule has 1 saturated heterocycles. The van der Waals surface area contributed by atoms with Gasteiger partial charge in [0.25, 0.3) is 5.91 Å². The molecule has 3 rings (SSSR count). The van der Waals surface area contributed by atoms with Gasteiger partial charge in [-0.15, -0.1) is 11.3 Å². The number of thiophene rings is 1. The van der Waals surface area contributed by atoms with E-state index in [2.05, 4.69) is 5.32 Å². The lowest BCUT2D eigenvalue weighted by molar-refractivity contribution is -0.132. The Kier molecular flexibility index (Phi) is 6.35. The lowest BCUT2D eigenvalue weighted by atomic mass is 10.2. The monoisotopic (exact) mass is 422 g/mol. The van der Waals surface area contributed by atoms with Crippen LogP contribution in [0.5, 0.6) is 5.75 Å². The summed E-state index contributed by atoms with van der Waals surface area (Å²) in [5.41, 5.74) is 0.393. The first-order valence-electron chi connectivity index (χ1n) is 8.89. The summed E-state index contributed by atoms with van der Waals surface area (Å²) < 4.78 is 28.7. The van der Waals surface area contributed by atoms with E-state index in [-0.39, 0.29) is 36.4 Å². The number of rotatable bonds is 6. The number of carbonyl (C=O) groups excluding carboxylic acids is 2. The van der Waals surface area contributed by atoms with E-state index >= 15 is 0 Å². The van der Waals surface area contributed by atoms with Crippen LogP contribution in [0.4, 0.5) is 0 Å². The summed E-state index contributed by atoms with van der Waals surface area (Å²) in [6.07, 6.45) is 0. The molecule has 0 spiro atoms. The molecule has 1 unspecified atom stereocenters. The highest BCUT2D eigenvalue weighted by atomic mass is 32.2. The molecule has 1 fully saturated rings. The maximum Gasteiger partial charge on any atom is 0.252 e. The molecule has 0 bridgehead atoms. The third-order valence-corrected chi connectivity index (χ3v) is 6.89. The Morgan fingerprint density at radius 2 is 1.96 bits per heavy atom. The minimum absolute atomic E-state index is 0.0387. The number of benzene rings is 1. The molecule has 2 amide bonds. The van der Waals surface area contributed by atoms with E-state index in [0.717, 1.165) is 4.88 Å². The standard InChI is InChI=1S/C19H22N2O5S2/c1-14(19(23)21-7-10-28(24,25)11-8-21)20-18(22)15-4-2-5-16(12-15)26-13-17-6-3-9-27-17/h2-6,9,12,14H,7-8,10-11,13H2,1H3,(H,20,22). The lowest BCUT2D eigenvalue weighted by Gasteiger charge is -2.29. The molecule has 2 heterocycles. The van der Waals surface area contributed by atoms with Crippen LogP contribution in [0.3, 0.4) is 0 Å². The summed E-state index contributed by atoms with van der Waals surface area (Å²) in [7, 11) is -3.06. The van der Waals surface area contributed by atoms with Crippen LogP contribution in [0.2, 0.25) is 0 Å². The average Bonchev–Trinajstić information content (AvgIpc) is 3.19. The molecule has 150 valence electrons. The molecule has 1 aliphatic heterocycles. The quantitative estimate of drug-likeness (QED) is 0.765. The second-order valence-corrected chi connectivity index (χ2v) is 9.90. The molecule has 1 aromatic heterocycles. The van der Waals surface area contributed by atoms with Crippen molar-refractivity contribution in [2.24, 2.45) is 0 Å².